The van der Waals surface area contributed by atoms with Gasteiger partial charge in [-0.1, -0.05) is 43.3 Å². The highest BCUT2D eigenvalue weighted by Crippen LogP contribution is 2.35. The highest BCUT2D eigenvalue weighted by Gasteiger charge is 2.36. The fraction of sp³-hybridized carbons (Fsp3) is 0.417. The highest BCUT2D eigenvalue weighted by atomic mass is 16.5. The van der Waals surface area contributed by atoms with Crippen molar-refractivity contribution in [2.45, 2.75) is 32.9 Å². The Balaban J connectivity index is 1.40. The van der Waals surface area contributed by atoms with Crippen LogP contribution in [0.25, 0.3) is 0 Å². The Hall–Kier alpha value is -2.86. The van der Waals surface area contributed by atoms with Gasteiger partial charge < -0.3 is 14.5 Å². The summed E-state index contributed by atoms with van der Waals surface area (Å²) in [4.78, 5) is 31.0. The van der Waals surface area contributed by atoms with Crippen molar-refractivity contribution in [3.63, 3.8) is 0 Å². The second kappa shape index (κ2) is 8.88. The molecule has 2 aromatic rings. The van der Waals surface area contributed by atoms with Gasteiger partial charge in [-0.15, -0.1) is 0 Å². The third kappa shape index (κ3) is 4.33. The second-order valence-electron chi connectivity index (χ2n) is 8.20. The summed E-state index contributed by atoms with van der Waals surface area (Å²) in [6.45, 7) is 8.24. The van der Waals surface area contributed by atoms with Crippen LogP contribution in [0.3, 0.4) is 0 Å². The van der Waals surface area contributed by atoms with Crippen molar-refractivity contribution < 1.29 is 19.2 Å². The summed E-state index contributed by atoms with van der Waals surface area (Å²) in [5, 5.41) is 0. The van der Waals surface area contributed by atoms with Gasteiger partial charge in [-0.2, -0.15) is 0 Å². The second-order valence-corrected chi connectivity index (χ2v) is 8.20. The Labute approximate surface area is 178 Å². The molecule has 0 radical (unpaired) electrons. The number of anilines is 1. The number of rotatable bonds is 5. The third-order valence-electron chi connectivity index (χ3n) is 6.00. The standard InChI is InChI=1S/C24H29N3O3/c1-3-21-24(29)27(20-15-18(2)9-10-22(20)30-21)17-23(28)26-13-11-25(12-14-26)16-19-7-5-4-6-8-19/h4-10,15,21H,3,11-14,16-17H2,1-2H3/p+1/t21-/m0/s1. The van der Waals surface area contributed by atoms with E-state index < -0.39 is 6.10 Å². The van der Waals surface area contributed by atoms with E-state index in [1.165, 1.54) is 10.5 Å². The minimum Gasteiger partial charge on any atom is -0.478 e. The minimum absolute atomic E-state index is 0.00585. The van der Waals surface area contributed by atoms with Crippen LogP contribution in [0.15, 0.2) is 48.5 Å². The van der Waals surface area contributed by atoms with E-state index in [1.807, 2.05) is 43.0 Å². The van der Waals surface area contributed by atoms with E-state index in [4.69, 9.17) is 4.74 Å². The Morgan fingerprint density at radius 3 is 2.57 bits per heavy atom. The first kappa shape index (κ1) is 20.4. The molecular weight excluding hydrogens is 378 g/mol. The quantitative estimate of drug-likeness (QED) is 0.814. The first-order valence-corrected chi connectivity index (χ1v) is 10.8. The smallest absolute Gasteiger partial charge is 0.268 e. The van der Waals surface area contributed by atoms with Crippen molar-refractivity contribution in [1.29, 1.82) is 0 Å². The number of amides is 2. The maximum absolute atomic E-state index is 13.0. The maximum atomic E-state index is 13.0. The molecular formula is C24H30N3O3+. The van der Waals surface area contributed by atoms with Gasteiger partial charge in [-0.25, -0.2) is 0 Å². The summed E-state index contributed by atoms with van der Waals surface area (Å²) >= 11 is 0. The molecule has 4 rings (SSSR count). The van der Waals surface area contributed by atoms with E-state index in [-0.39, 0.29) is 18.4 Å². The van der Waals surface area contributed by atoms with Crippen LogP contribution in [-0.2, 0) is 16.1 Å². The normalized spacial score (nSPS) is 19.4. The van der Waals surface area contributed by atoms with Gasteiger partial charge in [-0.05, 0) is 31.0 Å². The van der Waals surface area contributed by atoms with Crippen LogP contribution >= 0.6 is 0 Å². The lowest BCUT2D eigenvalue weighted by Gasteiger charge is -2.36. The summed E-state index contributed by atoms with van der Waals surface area (Å²) in [5.74, 6) is 0.556. The van der Waals surface area contributed by atoms with Crippen LogP contribution < -0.4 is 14.5 Å². The van der Waals surface area contributed by atoms with Crippen LogP contribution in [0.2, 0.25) is 0 Å². The number of hydrogen-bond donors (Lipinski definition) is 1. The van der Waals surface area contributed by atoms with E-state index >= 15 is 0 Å². The first-order chi connectivity index (χ1) is 14.5. The van der Waals surface area contributed by atoms with Crippen molar-refractivity contribution >= 4 is 17.5 Å². The number of ether oxygens (including phenoxy) is 1. The average Bonchev–Trinajstić information content (AvgIpc) is 2.77. The molecule has 6 nitrogen and oxygen atoms in total. The summed E-state index contributed by atoms with van der Waals surface area (Å²) in [7, 11) is 0. The van der Waals surface area contributed by atoms with Crippen molar-refractivity contribution in [1.82, 2.24) is 4.90 Å². The fourth-order valence-electron chi connectivity index (χ4n) is 4.22. The molecule has 1 saturated heterocycles. The molecule has 0 unspecified atom stereocenters. The number of benzene rings is 2. The largest absolute Gasteiger partial charge is 0.478 e. The first-order valence-electron chi connectivity index (χ1n) is 10.8. The number of quaternary nitrogens is 1. The van der Waals surface area contributed by atoms with Gasteiger partial charge in [0.2, 0.25) is 5.91 Å². The van der Waals surface area contributed by atoms with Gasteiger partial charge in [0.15, 0.2) is 6.10 Å². The van der Waals surface area contributed by atoms with Crippen molar-refractivity contribution in [2.75, 3.05) is 37.6 Å². The van der Waals surface area contributed by atoms with E-state index in [2.05, 4.69) is 24.3 Å². The molecule has 2 amide bonds. The van der Waals surface area contributed by atoms with E-state index in [1.54, 1.807) is 4.90 Å². The van der Waals surface area contributed by atoms with Crippen LogP contribution in [-0.4, -0.2) is 55.5 Å². The lowest BCUT2D eigenvalue weighted by Crippen LogP contribution is -3.13. The Bertz CT molecular complexity index is 907. The number of piperazine rings is 1. The minimum atomic E-state index is -0.528. The number of nitrogens with one attached hydrogen (secondary N) is 1. The van der Waals surface area contributed by atoms with Gasteiger partial charge in [0.05, 0.1) is 31.9 Å². The molecule has 158 valence electrons. The Morgan fingerprint density at radius 2 is 1.87 bits per heavy atom. The Morgan fingerprint density at radius 1 is 1.13 bits per heavy atom. The van der Waals surface area contributed by atoms with Gasteiger partial charge in [0, 0.05) is 5.56 Å². The van der Waals surface area contributed by atoms with E-state index in [9.17, 15) is 9.59 Å². The zero-order chi connectivity index (χ0) is 21.1. The fourth-order valence-corrected chi connectivity index (χ4v) is 4.22. The van der Waals surface area contributed by atoms with Crippen molar-refractivity contribution in [2.24, 2.45) is 0 Å². The molecule has 0 bridgehead atoms. The summed E-state index contributed by atoms with van der Waals surface area (Å²) in [5.41, 5.74) is 3.06. The SMILES string of the molecule is CC[C@@H]1Oc2ccc(C)cc2N(CC(=O)N2CC[NH+](Cc3ccccc3)CC2)C1=O. The molecule has 1 fully saturated rings. The van der Waals surface area contributed by atoms with Gasteiger partial charge in [0.1, 0.15) is 18.8 Å². The van der Waals surface area contributed by atoms with E-state index in [0.29, 0.717) is 17.9 Å². The van der Waals surface area contributed by atoms with Gasteiger partial charge >= 0.3 is 0 Å². The summed E-state index contributed by atoms with van der Waals surface area (Å²) in [6.07, 6.45) is 0.0541. The molecule has 0 spiro atoms. The molecule has 2 aliphatic heterocycles. The van der Waals surface area contributed by atoms with Crippen LogP contribution in [0.1, 0.15) is 24.5 Å². The number of nitrogens with zero attached hydrogens (tertiary/aromatic N) is 2. The highest BCUT2D eigenvalue weighted by molar-refractivity contribution is 6.03. The zero-order valence-corrected chi connectivity index (χ0v) is 17.8. The predicted molar refractivity (Wildman–Crippen MR) is 116 cm³/mol. The molecule has 6 heteroatoms. The van der Waals surface area contributed by atoms with Crippen LogP contribution in [0, 0.1) is 6.92 Å². The number of carbonyl (C=O) groups excluding carboxylic acids is 2. The van der Waals surface area contributed by atoms with Gasteiger partial charge in [-0.3, -0.25) is 14.5 Å². The zero-order valence-electron chi connectivity index (χ0n) is 17.8. The molecule has 0 aliphatic carbocycles. The average molecular weight is 409 g/mol. The van der Waals surface area contributed by atoms with Crippen LogP contribution in [0.5, 0.6) is 5.75 Å². The van der Waals surface area contributed by atoms with E-state index in [0.717, 1.165) is 38.3 Å². The molecule has 30 heavy (non-hydrogen) atoms. The maximum Gasteiger partial charge on any atom is 0.268 e. The van der Waals surface area contributed by atoms with Crippen LogP contribution in [0.4, 0.5) is 5.69 Å². The predicted octanol–water partition coefficient (Wildman–Crippen LogP) is 1.43. The number of hydrogen-bond acceptors (Lipinski definition) is 3. The lowest BCUT2D eigenvalue weighted by molar-refractivity contribution is -0.917. The lowest BCUT2D eigenvalue weighted by atomic mass is 10.1. The number of aryl methyl sites for hydroxylation is 1. The molecule has 2 heterocycles. The Kier molecular flexibility index (Phi) is 6.04. The van der Waals surface area contributed by atoms with Crippen molar-refractivity contribution in [3.05, 3.63) is 59.7 Å². The number of carbonyl (C=O) groups is 2. The third-order valence-corrected chi connectivity index (χ3v) is 6.00. The monoisotopic (exact) mass is 408 g/mol. The molecule has 1 N–H and O–H groups in total. The summed E-state index contributed by atoms with van der Waals surface area (Å²) in [6, 6.07) is 16.3. The van der Waals surface area contributed by atoms with Crippen molar-refractivity contribution in [3.8, 4) is 5.75 Å². The molecule has 2 aromatic carbocycles. The molecule has 0 saturated carbocycles. The molecule has 0 aromatic heterocycles. The topological polar surface area (TPSA) is 54.3 Å². The van der Waals surface area contributed by atoms with Gasteiger partial charge in [0.25, 0.3) is 5.91 Å². The number of fused-ring (bicyclic) bond motifs is 1. The molecule has 1 atom stereocenters. The summed E-state index contributed by atoms with van der Waals surface area (Å²) < 4.78 is 5.86. The molecule has 2 aliphatic rings.